The molecule has 0 bridgehead atoms. The lowest BCUT2D eigenvalue weighted by Gasteiger charge is -2.26. The molecule has 2 unspecified atom stereocenters. The summed E-state index contributed by atoms with van der Waals surface area (Å²) >= 11 is 3.07. The second-order valence-corrected chi connectivity index (χ2v) is 5.57. The second kappa shape index (κ2) is 5.44. The van der Waals surface area contributed by atoms with Gasteiger partial charge in [-0.25, -0.2) is 8.78 Å². The fraction of sp³-hybridized carbons (Fsp3) is 0.538. The molecule has 0 saturated heterocycles. The summed E-state index contributed by atoms with van der Waals surface area (Å²) in [5.41, 5.74) is 0.137. The number of halogens is 3. The van der Waals surface area contributed by atoms with Crippen molar-refractivity contribution >= 4 is 15.9 Å². The maximum Gasteiger partial charge on any atom is 0.143 e. The summed E-state index contributed by atoms with van der Waals surface area (Å²) in [5, 5.41) is 9.55. The summed E-state index contributed by atoms with van der Waals surface area (Å²) in [4.78, 5) is 0. The smallest absolute Gasteiger partial charge is 0.143 e. The van der Waals surface area contributed by atoms with Gasteiger partial charge in [0.25, 0.3) is 0 Å². The molecule has 1 aromatic carbocycles. The van der Waals surface area contributed by atoms with E-state index in [1.54, 1.807) is 0 Å². The van der Waals surface area contributed by atoms with Crippen molar-refractivity contribution in [3.63, 3.8) is 0 Å². The van der Waals surface area contributed by atoms with Crippen LogP contribution in [0.15, 0.2) is 16.6 Å². The fourth-order valence-corrected chi connectivity index (χ4v) is 2.86. The third-order valence-corrected chi connectivity index (χ3v) is 4.00. The van der Waals surface area contributed by atoms with E-state index in [1.807, 2.05) is 0 Å². The molecule has 94 valence electrons. The van der Waals surface area contributed by atoms with Crippen LogP contribution >= 0.6 is 15.9 Å². The molecule has 1 N–H and O–H groups in total. The van der Waals surface area contributed by atoms with Crippen LogP contribution in [0.3, 0.4) is 0 Å². The number of aliphatic hydroxyl groups excluding tert-OH is 1. The molecular weight excluding hydrogens is 290 g/mol. The molecule has 0 aromatic heterocycles. The number of rotatable bonds is 2. The molecular formula is C13H15BrF2O. The Bertz CT molecular complexity index is 409. The van der Waals surface area contributed by atoms with Crippen LogP contribution in [0.5, 0.6) is 0 Å². The quantitative estimate of drug-likeness (QED) is 0.824. The summed E-state index contributed by atoms with van der Waals surface area (Å²) in [7, 11) is 0. The standard InChI is InChI=1S/C13H15BrF2O/c14-11-4-5-12(15)10(13(11)16)7-8-2-1-3-9(17)6-8/h4-5,8-9,17H,1-3,6-7H2. The van der Waals surface area contributed by atoms with Gasteiger partial charge in [0.1, 0.15) is 11.6 Å². The zero-order chi connectivity index (χ0) is 12.4. The van der Waals surface area contributed by atoms with E-state index in [0.29, 0.717) is 17.3 Å². The van der Waals surface area contributed by atoms with Gasteiger partial charge in [-0.2, -0.15) is 0 Å². The average Bonchev–Trinajstić information content (AvgIpc) is 2.30. The van der Waals surface area contributed by atoms with Crippen molar-refractivity contribution in [2.75, 3.05) is 0 Å². The van der Waals surface area contributed by atoms with Crippen LogP contribution in [0.4, 0.5) is 8.78 Å². The fourth-order valence-electron chi connectivity index (χ4n) is 2.49. The number of aliphatic hydroxyl groups is 1. The Morgan fingerprint density at radius 3 is 2.76 bits per heavy atom. The lowest BCUT2D eigenvalue weighted by Crippen LogP contribution is -2.21. The molecule has 17 heavy (non-hydrogen) atoms. The predicted octanol–water partition coefficient (Wildman–Crippen LogP) is 3.82. The average molecular weight is 305 g/mol. The molecule has 1 aromatic rings. The molecule has 1 saturated carbocycles. The Balaban J connectivity index is 2.15. The molecule has 1 aliphatic carbocycles. The van der Waals surface area contributed by atoms with Gasteiger partial charge in [0.05, 0.1) is 10.6 Å². The van der Waals surface area contributed by atoms with E-state index in [4.69, 9.17) is 0 Å². The molecule has 0 heterocycles. The largest absolute Gasteiger partial charge is 0.393 e. The highest BCUT2D eigenvalue weighted by molar-refractivity contribution is 9.10. The molecule has 0 spiro atoms. The van der Waals surface area contributed by atoms with Crippen molar-refractivity contribution in [1.82, 2.24) is 0 Å². The van der Waals surface area contributed by atoms with Crippen LogP contribution in [0.25, 0.3) is 0 Å². The van der Waals surface area contributed by atoms with E-state index in [1.165, 1.54) is 12.1 Å². The van der Waals surface area contributed by atoms with Crippen LogP contribution in [0, 0.1) is 17.6 Å². The Kier molecular flexibility index (Phi) is 4.15. The molecule has 0 radical (unpaired) electrons. The van der Waals surface area contributed by atoms with E-state index in [-0.39, 0.29) is 17.6 Å². The van der Waals surface area contributed by atoms with E-state index in [2.05, 4.69) is 15.9 Å². The molecule has 1 fully saturated rings. The van der Waals surface area contributed by atoms with Gasteiger partial charge in [-0.3, -0.25) is 0 Å². The van der Waals surface area contributed by atoms with Gasteiger partial charge >= 0.3 is 0 Å². The summed E-state index contributed by atoms with van der Waals surface area (Å²) < 4.78 is 27.6. The second-order valence-electron chi connectivity index (χ2n) is 4.71. The van der Waals surface area contributed by atoms with E-state index in [0.717, 1.165) is 19.3 Å². The minimum absolute atomic E-state index is 0.137. The van der Waals surface area contributed by atoms with Crippen molar-refractivity contribution in [2.24, 2.45) is 5.92 Å². The van der Waals surface area contributed by atoms with Crippen molar-refractivity contribution in [3.8, 4) is 0 Å². The molecule has 2 atom stereocenters. The van der Waals surface area contributed by atoms with Gasteiger partial charge in [-0.1, -0.05) is 6.42 Å². The Morgan fingerprint density at radius 2 is 2.06 bits per heavy atom. The van der Waals surface area contributed by atoms with E-state index in [9.17, 15) is 13.9 Å². The summed E-state index contributed by atoms with van der Waals surface area (Å²) in [5.74, 6) is -0.826. The SMILES string of the molecule is OC1CCCC(Cc2c(F)ccc(Br)c2F)C1. The molecule has 1 aliphatic rings. The van der Waals surface area contributed by atoms with Gasteiger partial charge in [0.2, 0.25) is 0 Å². The number of hydrogen-bond donors (Lipinski definition) is 1. The van der Waals surface area contributed by atoms with Crippen LogP contribution < -0.4 is 0 Å². The van der Waals surface area contributed by atoms with Gasteiger partial charge in [0, 0.05) is 5.56 Å². The first-order chi connectivity index (χ1) is 8.08. The van der Waals surface area contributed by atoms with Crippen molar-refractivity contribution in [3.05, 3.63) is 33.8 Å². The van der Waals surface area contributed by atoms with Crippen molar-refractivity contribution in [2.45, 2.75) is 38.2 Å². The van der Waals surface area contributed by atoms with E-state index >= 15 is 0 Å². The van der Waals surface area contributed by atoms with Gasteiger partial charge in [-0.15, -0.1) is 0 Å². The zero-order valence-corrected chi connectivity index (χ0v) is 11.0. The highest BCUT2D eigenvalue weighted by atomic mass is 79.9. The third kappa shape index (κ3) is 3.05. The molecule has 4 heteroatoms. The van der Waals surface area contributed by atoms with E-state index < -0.39 is 11.6 Å². The first kappa shape index (κ1) is 13.0. The van der Waals surface area contributed by atoms with Gasteiger partial charge in [0.15, 0.2) is 0 Å². The number of benzene rings is 1. The van der Waals surface area contributed by atoms with Crippen LogP contribution in [-0.2, 0) is 6.42 Å². The minimum atomic E-state index is -0.509. The monoisotopic (exact) mass is 304 g/mol. The Hall–Kier alpha value is -0.480. The lowest BCUT2D eigenvalue weighted by atomic mass is 9.83. The minimum Gasteiger partial charge on any atom is -0.393 e. The maximum absolute atomic E-state index is 13.8. The Labute approximate surface area is 108 Å². The van der Waals surface area contributed by atoms with Crippen molar-refractivity contribution < 1.29 is 13.9 Å². The lowest BCUT2D eigenvalue weighted by molar-refractivity contribution is 0.100. The topological polar surface area (TPSA) is 20.2 Å². The Morgan fingerprint density at radius 1 is 1.29 bits per heavy atom. The summed E-state index contributed by atoms with van der Waals surface area (Å²) in [6.07, 6.45) is 3.37. The molecule has 1 nitrogen and oxygen atoms in total. The van der Waals surface area contributed by atoms with Gasteiger partial charge in [-0.05, 0) is 59.7 Å². The predicted molar refractivity (Wildman–Crippen MR) is 65.7 cm³/mol. The van der Waals surface area contributed by atoms with Gasteiger partial charge < -0.3 is 5.11 Å². The highest BCUT2D eigenvalue weighted by Crippen LogP contribution is 2.30. The molecule has 0 amide bonds. The highest BCUT2D eigenvalue weighted by Gasteiger charge is 2.23. The first-order valence-corrected chi connectivity index (χ1v) is 6.67. The van der Waals surface area contributed by atoms with Crippen LogP contribution in [0.1, 0.15) is 31.2 Å². The zero-order valence-electron chi connectivity index (χ0n) is 9.43. The normalized spacial score (nSPS) is 24.9. The van der Waals surface area contributed by atoms with Crippen LogP contribution in [-0.4, -0.2) is 11.2 Å². The van der Waals surface area contributed by atoms with Crippen molar-refractivity contribution in [1.29, 1.82) is 0 Å². The molecule has 2 rings (SSSR count). The summed E-state index contributed by atoms with van der Waals surface area (Å²) in [6, 6.07) is 2.66. The third-order valence-electron chi connectivity index (χ3n) is 3.39. The first-order valence-electron chi connectivity index (χ1n) is 5.88. The maximum atomic E-state index is 13.8. The van der Waals surface area contributed by atoms with Crippen LogP contribution in [0.2, 0.25) is 0 Å². The summed E-state index contributed by atoms with van der Waals surface area (Å²) in [6.45, 7) is 0. The number of hydrogen-bond acceptors (Lipinski definition) is 1. The molecule has 0 aliphatic heterocycles.